The summed E-state index contributed by atoms with van der Waals surface area (Å²) in [7, 11) is 0. The zero-order chi connectivity index (χ0) is 14.5. The molecule has 0 bridgehead atoms. The fourth-order valence-corrected chi connectivity index (χ4v) is 1.81. The first kappa shape index (κ1) is 17.6. The van der Waals surface area contributed by atoms with Gasteiger partial charge in [0.1, 0.15) is 6.61 Å². The standard InChI is InChI=1S/C14H24O5/c1-2-3-4-5-6-7-8-12(11-13(16)17)14(18)19-10-9-15/h2,12,15H,1,3-11H2,(H,16,17). The zero-order valence-corrected chi connectivity index (χ0v) is 11.3. The van der Waals surface area contributed by atoms with E-state index in [-0.39, 0.29) is 19.6 Å². The summed E-state index contributed by atoms with van der Waals surface area (Å²) < 4.78 is 4.78. The number of aliphatic hydroxyl groups excluding tert-OH is 1. The molecule has 5 nitrogen and oxygen atoms in total. The molecule has 0 saturated carbocycles. The predicted molar refractivity (Wildman–Crippen MR) is 71.7 cm³/mol. The van der Waals surface area contributed by atoms with Crippen molar-refractivity contribution < 1.29 is 24.5 Å². The number of carboxylic acids is 1. The molecule has 19 heavy (non-hydrogen) atoms. The van der Waals surface area contributed by atoms with E-state index >= 15 is 0 Å². The molecule has 0 aromatic heterocycles. The van der Waals surface area contributed by atoms with Gasteiger partial charge in [0, 0.05) is 0 Å². The van der Waals surface area contributed by atoms with E-state index in [0.717, 1.165) is 32.1 Å². The van der Waals surface area contributed by atoms with Crippen molar-refractivity contribution in [3.63, 3.8) is 0 Å². The van der Waals surface area contributed by atoms with Crippen LogP contribution in [0.25, 0.3) is 0 Å². The average Bonchev–Trinajstić information content (AvgIpc) is 2.38. The van der Waals surface area contributed by atoms with Gasteiger partial charge in [-0.2, -0.15) is 0 Å². The Morgan fingerprint density at radius 1 is 1.21 bits per heavy atom. The van der Waals surface area contributed by atoms with Gasteiger partial charge >= 0.3 is 11.9 Å². The summed E-state index contributed by atoms with van der Waals surface area (Å²) in [5.74, 6) is -2.14. The van der Waals surface area contributed by atoms with Gasteiger partial charge in [0.05, 0.1) is 18.9 Å². The SMILES string of the molecule is C=CCCCCCCC(CC(=O)O)C(=O)OCCO. The van der Waals surface area contributed by atoms with Crippen molar-refractivity contribution in [3.05, 3.63) is 12.7 Å². The third-order valence-corrected chi connectivity index (χ3v) is 2.80. The number of aliphatic carboxylic acids is 1. The molecular weight excluding hydrogens is 248 g/mol. The maximum Gasteiger partial charge on any atom is 0.309 e. The molecule has 0 aromatic rings. The van der Waals surface area contributed by atoms with Crippen molar-refractivity contribution >= 4 is 11.9 Å². The molecule has 0 aromatic carbocycles. The molecule has 0 aliphatic heterocycles. The van der Waals surface area contributed by atoms with Crippen LogP contribution in [-0.2, 0) is 14.3 Å². The fourth-order valence-electron chi connectivity index (χ4n) is 1.81. The minimum atomic E-state index is -1.00. The second-order valence-corrected chi connectivity index (χ2v) is 4.47. The Kier molecular flexibility index (Phi) is 10.9. The van der Waals surface area contributed by atoms with Crippen LogP contribution in [0, 0.1) is 5.92 Å². The van der Waals surface area contributed by atoms with Gasteiger partial charge in [-0.05, 0) is 19.3 Å². The number of rotatable bonds is 12. The number of carbonyl (C=O) groups excluding carboxylic acids is 1. The minimum Gasteiger partial charge on any atom is -0.481 e. The number of hydrogen-bond acceptors (Lipinski definition) is 4. The fraction of sp³-hybridized carbons (Fsp3) is 0.714. The third kappa shape index (κ3) is 10.3. The molecular formula is C14H24O5. The number of ether oxygens (including phenoxy) is 1. The maximum atomic E-state index is 11.6. The van der Waals surface area contributed by atoms with Gasteiger partial charge in [-0.3, -0.25) is 9.59 Å². The van der Waals surface area contributed by atoms with E-state index in [1.165, 1.54) is 0 Å². The zero-order valence-electron chi connectivity index (χ0n) is 11.3. The Morgan fingerprint density at radius 2 is 1.89 bits per heavy atom. The van der Waals surface area contributed by atoms with E-state index in [9.17, 15) is 9.59 Å². The number of hydrogen-bond donors (Lipinski definition) is 2. The van der Waals surface area contributed by atoms with Crippen molar-refractivity contribution in [1.82, 2.24) is 0 Å². The molecule has 0 amide bonds. The van der Waals surface area contributed by atoms with E-state index in [4.69, 9.17) is 14.9 Å². The lowest BCUT2D eigenvalue weighted by Crippen LogP contribution is -2.22. The lowest BCUT2D eigenvalue weighted by molar-refractivity contribution is -0.154. The van der Waals surface area contributed by atoms with Crippen molar-refractivity contribution in [2.45, 2.75) is 44.9 Å². The van der Waals surface area contributed by atoms with Gasteiger partial charge in [-0.15, -0.1) is 6.58 Å². The molecule has 1 atom stereocenters. The van der Waals surface area contributed by atoms with Gasteiger partial charge < -0.3 is 14.9 Å². The highest BCUT2D eigenvalue weighted by Crippen LogP contribution is 2.17. The number of unbranched alkanes of at least 4 members (excludes halogenated alkanes) is 4. The van der Waals surface area contributed by atoms with Crippen LogP contribution < -0.4 is 0 Å². The predicted octanol–water partition coefficient (Wildman–Crippen LogP) is 2.14. The second-order valence-electron chi connectivity index (χ2n) is 4.47. The molecule has 110 valence electrons. The van der Waals surface area contributed by atoms with E-state index in [1.54, 1.807) is 0 Å². The Balaban J connectivity index is 3.95. The van der Waals surface area contributed by atoms with Crippen LogP contribution in [0.2, 0.25) is 0 Å². The highest BCUT2D eigenvalue weighted by Gasteiger charge is 2.22. The van der Waals surface area contributed by atoms with Crippen molar-refractivity contribution in [1.29, 1.82) is 0 Å². The highest BCUT2D eigenvalue weighted by atomic mass is 16.5. The second kappa shape index (κ2) is 11.7. The molecule has 1 unspecified atom stereocenters. The first-order valence-electron chi connectivity index (χ1n) is 6.72. The Labute approximate surface area is 114 Å². The van der Waals surface area contributed by atoms with Crippen LogP contribution in [0.5, 0.6) is 0 Å². The minimum absolute atomic E-state index is 0.0751. The van der Waals surface area contributed by atoms with E-state index < -0.39 is 17.9 Å². The molecule has 0 heterocycles. The summed E-state index contributed by atoms with van der Waals surface area (Å²) in [6.07, 6.45) is 7.07. The van der Waals surface area contributed by atoms with Crippen LogP contribution in [0.15, 0.2) is 12.7 Å². The smallest absolute Gasteiger partial charge is 0.309 e. The van der Waals surface area contributed by atoms with E-state index in [2.05, 4.69) is 6.58 Å². The Hall–Kier alpha value is -1.36. The van der Waals surface area contributed by atoms with Crippen molar-refractivity contribution in [2.75, 3.05) is 13.2 Å². The number of carbonyl (C=O) groups is 2. The van der Waals surface area contributed by atoms with Crippen LogP contribution >= 0.6 is 0 Å². The molecule has 0 radical (unpaired) electrons. The monoisotopic (exact) mass is 272 g/mol. The summed E-state index contributed by atoms with van der Waals surface area (Å²) in [5, 5.41) is 17.3. The van der Waals surface area contributed by atoms with Crippen LogP contribution in [0.1, 0.15) is 44.9 Å². The molecule has 2 N–H and O–H groups in total. The number of carboxylic acid groups (broad SMARTS) is 1. The molecule has 5 heteroatoms. The molecule has 0 spiro atoms. The van der Waals surface area contributed by atoms with Gasteiger partial charge in [-0.25, -0.2) is 0 Å². The van der Waals surface area contributed by atoms with E-state index in [0.29, 0.717) is 6.42 Å². The van der Waals surface area contributed by atoms with Crippen LogP contribution in [0.4, 0.5) is 0 Å². The number of aliphatic hydroxyl groups is 1. The molecule has 0 saturated heterocycles. The summed E-state index contributed by atoms with van der Waals surface area (Å²) >= 11 is 0. The summed E-state index contributed by atoms with van der Waals surface area (Å²) in [4.78, 5) is 22.3. The van der Waals surface area contributed by atoms with Gasteiger partial charge in [0.2, 0.25) is 0 Å². The first-order chi connectivity index (χ1) is 9.11. The molecule has 0 fully saturated rings. The summed E-state index contributed by atoms with van der Waals surface area (Å²) in [6, 6.07) is 0. The third-order valence-electron chi connectivity index (χ3n) is 2.80. The molecule has 0 aliphatic rings. The lowest BCUT2D eigenvalue weighted by atomic mass is 9.97. The summed E-state index contributed by atoms with van der Waals surface area (Å²) in [6.45, 7) is 3.33. The maximum absolute atomic E-state index is 11.6. The first-order valence-corrected chi connectivity index (χ1v) is 6.72. The van der Waals surface area contributed by atoms with Crippen molar-refractivity contribution in [2.24, 2.45) is 5.92 Å². The topological polar surface area (TPSA) is 83.8 Å². The number of allylic oxidation sites excluding steroid dienone is 1. The highest BCUT2D eigenvalue weighted by molar-refractivity contribution is 5.79. The van der Waals surface area contributed by atoms with Gasteiger partial charge in [-0.1, -0.05) is 25.3 Å². The van der Waals surface area contributed by atoms with Crippen molar-refractivity contribution in [3.8, 4) is 0 Å². The lowest BCUT2D eigenvalue weighted by Gasteiger charge is -2.13. The van der Waals surface area contributed by atoms with Crippen LogP contribution in [0.3, 0.4) is 0 Å². The summed E-state index contributed by atoms with van der Waals surface area (Å²) in [5.41, 5.74) is 0. The number of esters is 1. The largest absolute Gasteiger partial charge is 0.481 e. The van der Waals surface area contributed by atoms with Gasteiger partial charge in [0.25, 0.3) is 0 Å². The quantitative estimate of drug-likeness (QED) is 0.323. The van der Waals surface area contributed by atoms with Gasteiger partial charge in [0.15, 0.2) is 0 Å². The average molecular weight is 272 g/mol. The van der Waals surface area contributed by atoms with Crippen LogP contribution in [-0.4, -0.2) is 35.4 Å². The molecule has 0 aliphatic carbocycles. The Bertz CT molecular complexity index is 275. The normalized spacial score (nSPS) is 11.8. The molecule has 0 rings (SSSR count). The Morgan fingerprint density at radius 3 is 2.47 bits per heavy atom. The van der Waals surface area contributed by atoms with E-state index in [1.807, 2.05) is 6.08 Å².